The van der Waals surface area contributed by atoms with Crippen molar-refractivity contribution in [2.45, 2.75) is 24.8 Å². The van der Waals surface area contributed by atoms with Gasteiger partial charge in [-0.15, -0.1) is 0 Å². The smallest absolute Gasteiger partial charge is 0.233 e. The molecule has 1 amide bonds. The fourth-order valence-corrected chi connectivity index (χ4v) is 4.90. The van der Waals surface area contributed by atoms with Gasteiger partial charge in [0.15, 0.2) is 15.0 Å². The van der Waals surface area contributed by atoms with E-state index in [0.29, 0.717) is 11.7 Å². The summed E-state index contributed by atoms with van der Waals surface area (Å²) in [5.74, 6) is -0.111. The van der Waals surface area contributed by atoms with Crippen LogP contribution < -0.4 is 4.90 Å². The van der Waals surface area contributed by atoms with Crippen molar-refractivity contribution < 1.29 is 13.2 Å². The summed E-state index contributed by atoms with van der Waals surface area (Å²) >= 11 is 1.48. The maximum atomic E-state index is 13.3. The van der Waals surface area contributed by atoms with Gasteiger partial charge in [0.05, 0.1) is 28.1 Å². The second-order valence-corrected chi connectivity index (χ2v) is 10.4. The number of pyridine rings is 1. The van der Waals surface area contributed by atoms with Gasteiger partial charge in [0.2, 0.25) is 5.91 Å². The van der Waals surface area contributed by atoms with Crippen LogP contribution in [0.3, 0.4) is 0 Å². The SMILES string of the molecule is Cc1ccc2nc(N(Cc3ccncc3)C(=O)Cc3ccc(S(C)(=O)=O)cc3)sc2c1. The first kappa shape index (κ1) is 21.1. The number of aryl methyl sites for hydroxylation is 1. The summed E-state index contributed by atoms with van der Waals surface area (Å²) < 4.78 is 24.4. The number of sulfone groups is 1. The highest BCUT2D eigenvalue weighted by atomic mass is 32.2. The lowest BCUT2D eigenvalue weighted by molar-refractivity contribution is -0.118. The zero-order valence-electron chi connectivity index (χ0n) is 17.1. The van der Waals surface area contributed by atoms with E-state index >= 15 is 0 Å². The maximum absolute atomic E-state index is 13.3. The van der Waals surface area contributed by atoms with Crippen LogP contribution in [0, 0.1) is 6.92 Å². The number of anilines is 1. The number of amides is 1. The largest absolute Gasteiger partial charge is 0.283 e. The van der Waals surface area contributed by atoms with E-state index in [0.717, 1.165) is 26.9 Å². The number of hydrogen-bond donors (Lipinski definition) is 0. The summed E-state index contributed by atoms with van der Waals surface area (Å²) in [6.07, 6.45) is 4.70. The first-order valence-electron chi connectivity index (χ1n) is 9.65. The van der Waals surface area contributed by atoms with E-state index < -0.39 is 9.84 Å². The van der Waals surface area contributed by atoms with Gasteiger partial charge in [-0.1, -0.05) is 29.5 Å². The van der Waals surface area contributed by atoms with Gasteiger partial charge in [0.25, 0.3) is 0 Å². The molecule has 0 unspecified atom stereocenters. The summed E-state index contributed by atoms with van der Waals surface area (Å²) in [5, 5.41) is 0.634. The van der Waals surface area contributed by atoms with Crippen molar-refractivity contribution in [2.24, 2.45) is 0 Å². The predicted octanol–water partition coefficient (Wildman–Crippen LogP) is 4.18. The molecule has 0 radical (unpaired) electrons. The van der Waals surface area contributed by atoms with Crippen LogP contribution in [0.4, 0.5) is 5.13 Å². The molecule has 8 heteroatoms. The zero-order valence-corrected chi connectivity index (χ0v) is 18.8. The number of carbonyl (C=O) groups is 1. The highest BCUT2D eigenvalue weighted by molar-refractivity contribution is 7.90. The molecule has 2 aromatic heterocycles. The maximum Gasteiger partial charge on any atom is 0.233 e. The van der Waals surface area contributed by atoms with E-state index in [-0.39, 0.29) is 17.2 Å². The quantitative estimate of drug-likeness (QED) is 0.439. The summed E-state index contributed by atoms with van der Waals surface area (Å²) in [5.41, 5.74) is 3.69. The zero-order chi connectivity index (χ0) is 22.0. The highest BCUT2D eigenvalue weighted by Crippen LogP contribution is 2.31. The molecule has 158 valence electrons. The molecule has 2 aromatic carbocycles. The number of carbonyl (C=O) groups excluding carboxylic acids is 1. The average Bonchev–Trinajstić information content (AvgIpc) is 3.15. The number of rotatable bonds is 6. The molecule has 0 atom stereocenters. The van der Waals surface area contributed by atoms with Crippen molar-refractivity contribution in [3.8, 4) is 0 Å². The third kappa shape index (κ3) is 4.98. The summed E-state index contributed by atoms with van der Waals surface area (Å²) in [4.78, 5) is 24.0. The Morgan fingerprint density at radius 3 is 2.39 bits per heavy atom. The Balaban J connectivity index is 1.65. The van der Waals surface area contributed by atoms with Crippen LogP contribution in [0.25, 0.3) is 10.2 Å². The van der Waals surface area contributed by atoms with Crippen LogP contribution in [0.5, 0.6) is 0 Å². The molecule has 0 aliphatic carbocycles. The van der Waals surface area contributed by atoms with Gasteiger partial charge in [-0.25, -0.2) is 13.4 Å². The molecule has 0 saturated heterocycles. The number of thiazole rings is 1. The Morgan fingerprint density at radius 2 is 1.71 bits per heavy atom. The van der Waals surface area contributed by atoms with Crippen LogP contribution in [0.1, 0.15) is 16.7 Å². The molecule has 0 aliphatic rings. The molecule has 31 heavy (non-hydrogen) atoms. The van der Waals surface area contributed by atoms with Crippen LogP contribution in [-0.2, 0) is 27.6 Å². The van der Waals surface area contributed by atoms with Gasteiger partial charge in [-0.3, -0.25) is 14.7 Å². The van der Waals surface area contributed by atoms with E-state index in [1.54, 1.807) is 29.4 Å². The van der Waals surface area contributed by atoms with Gasteiger partial charge < -0.3 is 0 Å². The Bertz CT molecular complexity index is 1330. The number of hydrogen-bond acceptors (Lipinski definition) is 6. The predicted molar refractivity (Wildman–Crippen MR) is 123 cm³/mol. The third-order valence-corrected chi connectivity index (χ3v) is 7.03. The lowest BCUT2D eigenvalue weighted by atomic mass is 10.1. The van der Waals surface area contributed by atoms with Crippen molar-refractivity contribution in [3.63, 3.8) is 0 Å². The van der Waals surface area contributed by atoms with Crippen LogP contribution in [0.2, 0.25) is 0 Å². The standard InChI is InChI=1S/C23H21N3O3S2/c1-16-3-8-20-21(13-16)30-23(25-20)26(15-18-9-11-24-12-10-18)22(27)14-17-4-6-19(7-5-17)31(2,28)29/h3-13H,14-15H2,1-2H3. The molecule has 2 heterocycles. The fourth-order valence-electron chi connectivity index (χ4n) is 3.19. The van der Waals surface area contributed by atoms with E-state index in [1.165, 1.54) is 29.7 Å². The second kappa shape index (κ2) is 8.56. The van der Waals surface area contributed by atoms with Crippen LogP contribution in [-0.4, -0.2) is 30.5 Å². The summed E-state index contributed by atoms with van der Waals surface area (Å²) in [6.45, 7) is 2.40. The molecule has 0 aliphatic heterocycles. The average molecular weight is 452 g/mol. The first-order valence-corrected chi connectivity index (χ1v) is 12.4. The van der Waals surface area contributed by atoms with Crippen molar-refractivity contribution in [1.29, 1.82) is 0 Å². The van der Waals surface area contributed by atoms with Gasteiger partial charge in [0, 0.05) is 18.6 Å². The van der Waals surface area contributed by atoms with Crippen LogP contribution in [0.15, 0.2) is 71.9 Å². The Labute approximate surface area is 185 Å². The lowest BCUT2D eigenvalue weighted by Crippen LogP contribution is -2.31. The second-order valence-electron chi connectivity index (χ2n) is 7.40. The van der Waals surface area contributed by atoms with Crippen molar-refractivity contribution in [1.82, 2.24) is 9.97 Å². The fraction of sp³-hybridized carbons (Fsp3) is 0.174. The van der Waals surface area contributed by atoms with Crippen molar-refractivity contribution >= 4 is 42.4 Å². The summed E-state index contributed by atoms with van der Waals surface area (Å²) in [6, 6.07) is 16.2. The normalized spacial score (nSPS) is 11.5. The molecule has 6 nitrogen and oxygen atoms in total. The molecule has 0 spiro atoms. The monoisotopic (exact) mass is 451 g/mol. The van der Waals surface area contributed by atoms with E-state index in [1.807, 2.05) is 31.2 Å². The van der Waals surface area contributed by atoms with Crippen molar-refractivity contribution in [2.75, 3.05) is 11.2 Å². The van der Waals surface area contributed by atoms with E-state index in [2.05, 4.69) is 16.0 Å². The van der Waals surface area contributed by atoms with Crippen LogP contribution >= 0.6 is 11.3 Å². The Hall–Kier alpha value is -3.10. The minimum atomic E-state index is -3.28. The number of fused-ring (bicyclic) bond motifs is 1. The van der Waals surface area contributed by atoms with Gasteiger partial charge >= 0.3 is 0 Å². The van der Waals surface area contributed by atoms with Gasteiger partial charge in [-0.2, -0.15) is 0 Å². The molecular formula is C23H21N3O3S2. The minimum absolute atomic E-state index is 0.111. The first-order chi connectivity index (χ1) is 14.8. The number of nitrogens with zero attached hydrogens (tertiary/aromatic N) is 3. The molecule has 0 saturated carbocycles. The Morgan fingerprint density at radius 1 is 1.00 bits per heavy atom. The summed E-state index contributed by atoms with van der Waals surface area (Å²) in [7, 11) is -3.28. The molecular weight excluding hydrogens is 430 g/mol. The molecule has 0 fully saturated rings. The lowest BCUT2D eigenvalue weighted by Gasteiger charge is -2.20. The number of aromatic nitrogens is 2. The molecule has 4 aromatic rings. The third-order valence-electron chi connectivity index (χ3n) is 4.86. The number of benzene rings is 2. The molecule has 0 bridgehead atoms. The van der Waals surface area contributed by atoms with E-state index in [4.69, 9.17) is 0 Å². The molecule has 4 rings (SSSR count). The van der Waals surface area contributed by atoms with Gasteiger partial charge in [0.1, 0.15) is 0 Å². The van der Waals surface area contributed by atoms with Crippen molar-refractivity contribution in [3.05, 3.63) is 83.7 Å². The topological polar surface area (TPSA) is 80.2 Å². The highest BCUT2D eigenvalue weighted by Gasteiger charge is 2.21. The minimum Gasteiger partial charge on any atom is -0.283 e. The van der Waals surface area contributed by atoms with Gasteiger partial charge in [-0.05, 0) is 60.0 Å². The van der Waals surface area contributed by atoms with E-state index in [9.17, 15) is 13.2 Å². The molecule has 0 N–H and O–H groups in total. The Kier molecular flexibility index (Phi) is 5.84.